The molecule has 0 saturated carbocycles. The highest BCUT2D eigenvalue weighted by atomic mass is 32.1. The van der Waals surface area contributed by atoms with Crippen molar-refractivity contribution in [1.29, 1.82) is 0 Å². The van der Waals surface area contributed by atoms with Crippen molar-refractivity contribution in [2.24, 2.45) is 0 Å². The van der Waals surface area contributed by atoms with E-state index >= 15 is 0 Å². The van der Waals surface area contributed by atoms with Gasteiger partial charge < -0.3 is 4.90 Å². The first-order chi connectivity index (χ1) is 25.7. The van der Waals surface area contributed by atoms with Gasteiger partial charge in [-0.25, -0.2) is 0 Å². The highest BCUT2D eigenvalue weighted by Crippen LogP contribution is 2.53. The second-order valence-electron chi connectivity index (χ2n) is 16.2. The monoisotopic (exact) mass is 699 g/mol. The van der Waals surface area contributed by atoms with E-state index in [1.807, 2.05) is 11.3 Å². The minimum atomic E-state index is -0.0999. The molecule has 1 heterocycles. The van der Waals surface area contributed by atoms with Crippen LogP contribution in [0.5, 0.6) is 0 Å². The minimum Gasteiger partial charge on any atom is -0.310 e. The van der Waals surface area contributed by atoms with Gasteiger partial charge in [-0.05, 0) is 103 Å². The molecular formula is C51H41NS. The van der Waals surface area contributed by atoms with Gasteiger partial charge in [-0.15, -0.1) is 11.3 Å². The lowest BCUT2D eigenvalue weighted by molar-refractivity contribution is 0.590. The average molecular weight is 700 g/mol. The molecule has 0 aliphatic heterocycles. The first kappa shape index (κ1) is 32.0. The van der Waals surface area contributed by atoms with Crippen LogP contribution >= 0.6 is 11.3 Å². The number of anilines is 3. The zero-order chi connectivity index (χ0) is 36.1. The summed E-state index contributed by atoms with van der Waals surface area (Å²) in [6.07, 6.45) is 0. The number of nitrogens with zero attached hydrogens (tertiary/aromatic N) is 1. The Balaban J connectivity index is 1.27. The van der Waals surface area contributed by atoms with Crippen molar-refractivity contribution in [1.82, 2.24) is 0 Å². The number of benzene rings is 8. The van der Waals surface area contributed by atoms with Gasteiger partial charge in [-0.3, -0.25) is 0 Å². The third kappa shape index (κ3) is 4.96. The minimum absolute atomic E-state index is 0.0555. The first-order valence-electron chi connectivity index (χ1n) is 18.7. The van der Waals surface area contributed by atoms with E-state index in [4.69, 9.17) is 0 Å². The van der Waals surface area contributed by atoms with Crippen molar-refractivity contribution in [3.63, 3.8) is 0 Å². The topological polar surface area (TPSA) is 3.24 Å². The largest absolute Gasteiger partial charge is 0.310 e. The van der Waals surface area contributed by atoms with Crippen LogP contribution in [-0.4, -0.2) is 0 Å². The Morgan fingerprint density at radius 3 is 1.91 bits per heavy atom. The number of rotatable bonds is 4. The van der Waals surface area contributed by atoms with Gasteiger partial charge in [-0.2, -0.15) is 0 Å². The molecule has 8 aromatic carbocycles. The van der Waals surface area contributed by atoms with E-state index in [2.05, 4.69) is 197 Å². The standard InChI is InChI=1S/C51H41NS/c1-50(2,3)35-22-24-36(25-23-35)52(37-26-27-44-43(31-37)42-29-33-14-6-7-15-34(33)30-45(42)51(44,4)5)46-28-21-32-13-8-9-16-38(32)48(46)41-19-12-18-40-39-17-10-11-20-47(39)53-49(40)41/h6-31H,1-5H3. The summed E-state index contributed by atoms with van der Waals surface area (Å²) in [4.78, 5) is 2.51. The molecule has 0 N–H and O–H groups in total. The van der Waals surface area contributed by atoms with Gasteiger partial charge >= 0.3 is 0 Å². The lowest BCUT2D eigenvalue weighted by Crippen LogP contribution is -2.16. The molecule has 0 fully saturated rings. The molecule has 256 valence electrons. The second kappa shape index (κ2) is 11.7. The number of thiophene rings is 1. The number of fused-ring (bicyclic) bond motifs is 8. The van der Waals surface area contributed by atoms with Gasteiger partial charge in [0.15, 0.2) is 0 Å². The van der Waals surface area contributed by atoms with Gasteiger partial charge in [0.25, 0.3) is 0 Å². The Kier molecular flexibility index (Phi) is 7.03. The van der Waals surface area contributed by atoms with Crippen LogP contribution in [0.2, 0.25) is 0 Å². The van der Waals surface area contributed by atoms with E-state index in [-0.39, 0.29) is 10.8 Å². The molecule has 0 amide bonds. The predicted molar refractivity (Wildman–Crippen MR) is 231 cm³/mol. The van der Waals surface area contributed by atoms with Crippen LogP contribution in [-0.2, 0) is 10.8 Å². The third-order valence-electron chi connectivity index (χ3n) is 11.6. The van der Waals surface area contributed by atoms with E-state index in [1.165, 1.54) is 86.3 Å². The molecule has 1 aliphatic carbocycles. The van der Waals surface area contributed by atoms with Crippen molar-refractivity contribution >= 4 is 70.1 Å². The molecule has 1 aromatic heterocycles. The van der Waals surface area contributed by atoms with E-state index in [0.717, 1.165) is 11.4 Å². The third-order valence-corrected chi connectivity index (χ3v) is 12.8. The molecule has 1 aliphatic rings. The molecule has 0 unspecified atom stereocenters. The number of hydrogen-bond donors (Lipinski definition) is 0. The quantitative estimate of drug-likeness (QED) is 0.177. The predicted octanol–water partition coefficient (Wildman–Crippen LogP) is 15.1. The Morgan fingerprint density at radius 2 is 1.13 bits per heavy atom. The summed E-state index contributed by atoms with van der Waals surface area (Å²) in [5.41, 5.74) is 12.7. The van der Waals surface area contributed by atoms with Crippen molar-refractivity contribution in [3.8, 4) is 22.3 Å². The van der Waals surface area contributed by atoms with Gasteiger partial charge in [0, 0.05) is 48.1 Å². The first-order valence-corrected chi connectivity index (χ1v) is 19.5. The van der Waals surface area contributed by atoms with Crippen molar-refractivity contribution in [2.75, 3.05) is 4.90 Å². The fourth-order valence-electron chi connectivity index (χ4n) is 8.78. The smallest absolute Gasteiger partial charge is 0.0547 e. The van der Waals surface area contributed by atoms with E-state index in [9.17, 15) is 0 Å². The van der Waals surface area contributed by atoms with Crippen molar-refractivity contribution in [3.05, 3.63) is 174 Å². The lowest BCUT2D eigenvalue weighted by atomic mass is 9.82. The summed E-state index contributed by atoms with van der Waals surface area (Å²) in [7, 11) is 0. The van der Waals surface area contributed by atoms with E-state index < -0.39 is 0 Å². The summed E-state index contributed by atoms with van der Waals surface area (Å²) in [5.74, 6) is 0. The zero-order valence-corrected chi connectivity index (χ0v) is 31.7. The molecule has 0 atom stereocenters. The molecule has 0 radical (unpaired) electrons. The van der Waals surface area contributed by atoms with Crippen LogP contribution in [0.25, 0.3) is 64.0 Å². The molecule has 0 saturated heterocycles. The Labute approximate surface area is 315 Å². The summed E-state index contributed by atoms with van der Waals surface area (Å²) >= 11 is 1.90. The SMILES string of the molecule is CC(C)(C)c1ccc(N(c2ccc3c(c2)-c2cc4ccccc4cc2C3(C)C)c2ccc3ccccc3c2-c2cccc3c2sc2ccccc23)cc1. The van der Waals surface area contributed by atoms with Gasteiger partial charge in [-0.1, -0.05) is 144 Å². The van der Waals surface area contributed by atoms with E-state index in [1.54, 1.807) is 0 Å². The summed E-state index contributed by atoms with van der Waals surface area (Å²) < 4.78 is 2.64. The van der Waals surface area contributed by atoms with E-state index in [0.29, 0.717) is 0 Å². The Morgan fingerprint density at radius 1 is 0.491 bits per heavy atom. The van der Waals surface area contributed by atoms with Crippen LogP contribution in [0.4, 0.5) is 17.1 Å². The number of hydrogen-bond acceptors (Lipinski definition) is 2. The normalized spacial score (nSPS) is 13.5. The lowest BCUT2D eigenvalue weighted by Gasteiger charge is -2.30. The Hall–Kier alpha value is -5.70. The van der Waals surface area contributed by atoms with Crippen LogP contribution in [0.3, 0.4) is 0 Å². The highest BCUT2D eigenvalue weighted by Gasteiger charge is 2.36. The summed E-state index contributed by atoms with van der Waals surface area (Å²) in [6.45, 7) is 11.6. The molecule has 9 aromatic rings. The molecule has 1 nitrogen and oxygen atoms in total. The van der Waals surface area contributed by atoms with Gasteiger partial charge in [0.05, 0.1) is 5.69 Å². The molecule has 2 heteroatoms. The average Bonchev–Trinajstić information content (AvgIpc) is 3.66. The van der Waals surface area contributed by atoms with Crippen LogP contribution in [0.15, 0.2) is 158 Å². The van der Waals surface area contributed by atoms with Crippen molar-refractivity contribution in [2.45, 2.75) is 45.4 Å². The van der Waals surface area contributed by atoms with Crippen LogP contribution < -0.4 is 4.90 Å². The summed E-state index contributed by atoms with van der Waals surface area (Å²) in [5, 5.41) is 7.70. The van der Waals surface area contributed by atoms with Gasteiger partial charge in [0.2, 0.25) is 0 Å². The molecule has 53 heavy (non-hydrogen) atoms. The zero-order valence-electron chi connectivity index (χ0n) is 30.9. The maximum absolute atomic E-state index is 2.51. The van der Waals surface area contributed by atoms with Crippen LogP contribution in [0, 0.1) is 0 Å². The molecule has 0 spiro atoms. The summed E-state index contributed by atoms with van der Waals surface area (Å²) in [6, 6.07) is 59.3. The molecular weight excluding hydrogens is 659 g/mol. The van der Waals surface area contributed by atoms with Gasteiger partial charge in [0.1, 0.15) is 0 Å². The fourth-order valence-corrected chi connectivity index (χ4v) is 10.00. The van der Waals surface area contributed by atoms with Crippen LogP contribution in [0.1, 0.15) is 51.3 Å². The molecule has 10 rings (SSSR count). The fraction of sp³-hybridized carbons (Fsp3) is 0.137. The second-order valence-corrected chi connectivity index (χ2v) is 17.2. The maximum Gasteiger partial charge on any atom is 0.0547 e. The Bertz CT molecular complexity index is 2900. The van der Waals surface area contributed by atoms with Crippen molar-refractivity contribution < 1.29 is 0 Å². The molecule has 0 bridgehead atoms. The highest BCUT2D eigenvalue weighted by molar-refractivity contribution is 7.26. The maximum atomic E-state index is 2.51.